The number of rotatable bonds is 7. The Morgan fingerprint density at radius 1 is 1.15 bits per heavy atom. The molecule has 2 aliphatic rings. The highest BCUT2D eigenvalue weighted by Crippen LogP contribution is 2.19. The van der Waals surface area contributed by atoms with Crippen LogP contribution >= 0.6 is 24.0 Å². The molecular formula is C20H40IN5O. The highest BCUT2D eigenvalue weighted by atomic mass is 127. The summed E-state index contributed by atoms with van der Waals surface area (Å²) in [7, 11) is 0. The number of nitrogens with zero attached hydrogens (tertiary/aromatic N) is 2. The molecule has 3 N–H and O–H groups in total. The molecule has 2 unspecified atom stereocenters. The number of guanidine groups is 1. The molecule has 0 spiro atoms. The van der Waals surface area contributed by atoms with E-state index in [1.807, 2.05) is 0 Å². The summed E-state index contributed by atoms with van der Waals surface area (Å²) < 4.78 is 0. The molecular weight excluding hydrogens is 453 g/mol. The normalized spacial score (nSPS) is 24.6. The van der Waals surface area contributed by atoms with Gasteiger partial charge in [-0.3, -0.25) is 14.7 Å². The maximum atomic E-state index is 12.1. The van der Waals surface area contributed by atoms with Crippen LogP contribution in [0.3, 0.4) is 0 Å². The van der Waals surface area contributed by atoms with Crippen LogP contribution in [0.4, 0.5) is 0 Å². The van der Waals surface area contributed by atoms with Gasteiger partial charge < -0.3 is 16.0 Å². The van der Waals surface area contributed by atoms with Crippen LogP contribution in [0.1, 0.15) is 66.2 Å². The predicted octanol–water partition coefficient (Wildman–Crippen LogP) is 2.73. The van der Waals surface area contributed by atoms with Crippen LogP contribution < -0.4 is 16.0 Å². The van der Waals surface area contributed by atoms with Gasteiger partial charge in [-0.25, -0.2) is 0 Å². The second-order valence-electron chi connectivity index (χ2n) is 8.19. The van der Waals surface area contributed by atoms with Gasteiger partial charge in [-0.2, -0.15) is 0 Å². The van der Waals surface area contributed by atoms with Crippen LogP contribution in [-0.2, 0) is 4.79 Å². The van der Waals surface area contributed by atoms with Gasteiger partial charge in [0.2, 0.25) is 5.91 Å². The minimum absolute atomic E-state index is 0. The number of halogens is 1. The summed E-state index contributed by atoms with van der Waals surface area (Å²) in [6, 6.07) is 1.37. The molecule has 2 rings (SSSR count). The average Bonchev–Trinajstić information content (AvgIpc) is 2.97. The summed E-state index contributed by atoms with van der Waals surface area (Å²) in [4.78, 5) is 19.3. The van der Waals surface area contributed by atoms with Crippen molar-refractivity contribution in [3.8, 4) is 0 Å². The summed E-state index contributed by atoms with van der Waals surface area (Å²) in [5.41, 5.74) is 0. The molecule has 0 aromatic heterocycles. The summed E-state index contributed by atoms with van der Waals surface area (Å²) in [5.74, 6) is 1.56. The largest absolute Gasteiger partial charge is 0.357 e. The first kappa shape index (κ1) is 24.5. The number of carbonyl (C=O) groups excluding carboxylic acids is 1. The number of likely N-dealkylation sites (tertiary alicyclic amines) is 1. The molecule has 0 aromatic rings. The van der Waals surface area contributed by atoms with Gasteiger partial charge in [0.05, 0.1) is 6.54 Å². The van der Waals surface area contributed by atoms with Crippen molar-refractivity contribution >= 4 is 35.8 Å². The van der Waals surface area contributed by atoms with Crippen molar-refractivity contribution < 1.29 is 4.79 Å². The predicted molar refractivity (Wildman–Crippen MR) is 124 cm³/mol. The molecule has 6 nitrogen and oxygen atoms in total. The molecule has 1 aliphatic heterocycles. The first-order valence-electron chi connectivity index (χ1n) is 10.6. The Morgan fingerprint density at radius 3 is 2.44 bits per heavy atom. The van der Waals surface area contributed by atoms with E-state index < -0.39 is 0 Å². The minimum atomic E-state index is 0. The second-order valence-corrected chi connectivity index (χ2v) is 8.19. The fraction of sp³-hybridized carbons (Fsp3) is 0.900. The summed E-state index contributed by atoms with van der Waals surface area (Å²) >= 11 is 0. The molecule has 1 saturated carbocycles. The van der Waals surface area contributed by atoms with Crippen molar-refractivity contribution in [3.05, 3.63) is 0 Å². The third-order valence-electron chi connectivity index (χ3n) is 5.62. The topological polar surface area (TPSA) is 68.8 Å². The molecule has 1 amide bonds. The Kier molecular flexibility index (Phi) is 11.6. The number of hydrogen-bond donors (Lipinski definition) is 3. The van der Waals surface area contributed by atoms with Gasteiger partial charge in [0.1, 0.15) is 0 Å². The Balaban J connectivity index is 0.00000364. The zero-order valence-electron chi connectivity index (χ0n) is 17.6. The van der Waals surface area contributed by atoms with Crippen LogP contribution in [0.25, 0.3) is 0 Å². The van der Waals surface area contributed by atoms with Crippen molar-refractivity contribution in [1.82, 2.24) is 20.9 Å². The standard InChI is InChI=1S/C20H39N5O.HI/c1-5-21-20(24-18-14-25(15(2)3)13-16(18)4)22-12-11-19(26)23-17-9-7-6-8-10-17;/h15-18H,5-14H2,1-4H3,(H,23,26)(H2,21,22,24);1H. The third kappa shape index (κ3) is 8.54. The third-order valence-corrected chi connectivity index (χ3v) is 5.62. The molecule has 0 bridgehead atoms. The molecule has 7 heteroatoms. The van der Waals surface area contributed by atoms with Crippen LogP contribution in [0.2, 0.25) is 0 Å². The second kappa shape index (κ2) is 12.8. The van der Waals surface area contributed by atoms with E-state index in [0.29, 0.717) is 37.0 Å². The number of amides is 1. The Hall–Kier alpha value is -0.570. The lowest BCUT2D eigenvalue weighted by atomic mass is 9.95. The van der Waals surface area contributed by atoms with Crippen molar-refractivity contribution in [1.29, 1.82) is 0 Å². The van der Waals surface area contributed by atoms with Crippen molar-refractivity contribution in [2.45, 2.75) is 84.3 Å². The SMILES string of the molecule is CCNC(=NCCC(=O)NC1CCCCC1)NC1CN(C(C)C)CC1C.I. The zero-order valence-corrected chi connectivity index (χ0v) is 19.9. The molecule has 2 atom stereocenters. The van der Waals surface area contributed by atoms with E-state index in [1.165, 1.54) is 19.3 Å². The Bertz CT molecular complexity index is 465. The summed E-state index contributed by atoms with van der Waals surface area (Å²) in [6.45, 7) is 12.4. The summed E-state index contributed by atoms with van der Waals surface area (Å²) in [5, 5.41) is 10.1. The molecule has 158 valence electrons. The first-order chi connectivity index (χ1) is 12.5. The molecule has 1 heterocycles. The van der Waals surface area contributed by atoms with Crippen molar-refractivity contribution in [2.75, 3.05) is 26.2 Å². The fourth-order valence-electron chi connectivity index (χ4n) is 3.93. The van der Waals surface area contributed by atoms with Gasteiger partial charge in [-0.05, 0) is 39.5 Å². The number of nitrogens with one attached hydrogen (secondary N) is 3. The average molecular weight is 493 g/mol. The van der Waals surface area contributed by atoms with Gasteiger partial charge in [0, 0.05) is 44.2 Å². The molecule has 1 aliphatic carbocycles. The molecule has 0 aromatic carbocycles. The first-order valence-corrected chi connectivity index (χ1v) is 10.6. The number of carbonyl (C=O) groups is 1. The molecule has 27 heavy (non-hydrogen) atoms. The van der Waals surface area contributed by atoms with Crippen LogP contribution in [0, 0.1) is 5.92 Å². The highest BCUT2D eigenvalue weighted by molar-refractivity contribution is 14.0. The monoisotopic (exact) mass is 493 g/mol. The quantitative estimate of drug-likeness (QED) is 0.290. The van der Waals surface area contributed by atoms with Gasteiger partial charge in [-0.1, -0.05) is 26.2 Å². The van der Waals surface area contributed by atoms with E-state index in [1.54, 1.807) is 0 Å². The van der Waals surface area contributed by atoms with Gasteiger partial charge >= 0.3 is 0 Å². The van der Waals surface area contributed by atoms with E-state index in [0.717, 1.165) is 38.4 Å². The van der Waals surface area contributed by atoms with E-state index in [-0.39, 0.29) is 29.9 Å². The van der Waals surface area contributed by atoms with Crippen LogP contribution in [0.5, 0.6) is 0 Å². The lowest BCUT2D eigenvalue weighted by Gasteiger charge is -2.23. The Labute approximate surface area is 182 Å². The van der Waals surface area contributed by atoms with Crippen LogP contribution in [0.15, 0.2) is 4.99 Å². The molecule has 0 radical (unpaired) electrons. The number of aliphatic imine (C=N–C) groups is 1. The van der Waals surface area contributed by atoms with E-state index in [2.05, 4.69) is 53.5 Å². The van der Waals surface area contributed by atoms with Crippen molar-refractivity contribution in [3.63, 3.8) is 0 Å². The van der Waals surface area contributed by atoms with Crippen molar-refractivity contribution in [2.24, 2.45) is 10.9 Å². The maximum absolute atomic E-state index is 12.1. The van der Waals surface area contributed by atoms with E-state index in [9.17, 15) is 4.79 Å². The lowest BCUT2D eigenvalue weighted by Crippen LogP contribution is -2.47. The van der Waals surface area contributed by atoms with Crippen LogP contribution in [-0.4, -0.2) is 61.1 Å². The number of hydrogen-bond acceptors (Lipinski definition) is 3. The molecule has 2 fully saturated rings. The zero-order chi connectivity index (χ0) is 18.9. The Morgan fingerprint density at radius 2 is 1.85 bits per heavy atom. The van der Waals surface area contributed by atoms with Gasteiger partial charge in [0.25, 0.3) is 0 Å². The fourth-order valence-corrected chi connectivity index (χ4v) is 3.93. The summed E-state index contributed by atoms with van der Waals surface area (Å²) in [6.07, 6.45) is 6.51. The highest BCUT2D eigenvalue weighted by Gasteiger charge is 2.31. The smallest absolute Gasteiger partial charge is 0.222 e. The molecule has 1 saturated heterocycles. The van der Waals surface area contributed by atoms with Gasteiger partial charge in [-0.15, -0.1) is 24.0 Å². The maximum Gasteiger partial charge on any atom is 0.222 e. The minimum Gasteiger partial charge on any atom is -0.357 e. The van der Waals surface area contributed by atoms with Gasteiger partial charge in [0.15, 0.2) is 5.96 Å². The van der Waals surface area contributed by atoms with E-state index in [4.69, 9.17) is 0 Å². The van der Waals surface area contributed by atoms with E-state index >= 15 is 0 Å². The lowest BCUT2D eigenvalue weighted by molar-refractivity contribution is -0.121.